The van der Waals surface area contributed by atoms with Crippen LogP contribution in [0.1, 0.15) is 20.3 Å². The molecule has 0 spiro atoms. The number of hydrogen-bond donors (Lipinski definition) is 0. The minimum atomic E-state index is 1.03. The van der Waals surface area contributed by atoms with Crippen molar-refractivity contribution in [2.75, 3.05) is 19.6 Å². The second-order valence-corrected chi connectivity index (χ2v) is 4.56. The summed E-state index contributed by atoms with van der Waals surface area (Å²) in [6.45, 7) is 11.5. The minimum Gasteiger partial charge on any atom is -0.294 e. The van der Waals surface area contributed by atoms with E-state index < -0.39 is 0 Å². The van der Waals surface area contributed by atoms with Crippen molar-refractivity contribution in [3.05, 3.63) is 22.2 Å². The third-order valence-corrected chi connectivity index (χ3v) is 3.05. The first-order chi connectivity index (χ1) is 5.59. The molecule has 0 fully saturated rings. The average molecular weight is 230 g/mol. The molecule has 0 atom stereocenters. The lowest BCUT2D eigenvalue weighted by Gasteiger charge is -2.27. The van der Waals surface area contributed by atoms with Crippen molar-refractivity contribution in [3.8, 4) is 0 Å². The van der Waals surface area contributed by atoms with E-state index in [0.29, 0.717) is 0 Å². The van der Waals surface area contributed by atoms with Gasteiger partial charge in [0.05, 0.1) is 0 Å². The zero-order chi connectivity index (χ0) is 9.14. The molecule has 0 saturated heterocycles. The van der Waals surface area contributed by atoms with Gasteiger partial charge in [-0.2, -0.15) is 0 Å². The lowest BCUT2D eigenvalue weighted by Crippen LogP contribution is -2.31. The normalized spacial score (nSPS) is 19.9. The first kappa shape index (κ1) is 10.0. The molecular formula is C10H16BrN. The van der Waals surface area contributed by atoms with Crippen molar-refractivity contribution in [2.45, 2.75) is 20.3 Å². The van der Waals surface area contributed by atoms with Gasteiger partial charge < -0.3 is 0 Å². The third kappa shape index (κ3) is 2.76. The quantitative estimate of drug-likeness (QED) is 0.659. The van der Waals surface area contributed by atoms with Crippen molar-refractivity contribution in [3.63, 3.8) is 0 Å². The number of halogens is 1. The van der Waals surface area contributed by atoms with Crippen molar-refractivity contribution < 1.29 is 0 Å². The summed E-state index contributed by atoms with van der Waals surface area (Å²) in [7, 11) is 0. The maximum Gasteiger partial charge on any atom is 0.0302 e. The van der Waals surface area contributed by atoms with Gasteiger partial charge in [0.15, 0.2) is 0 Å². The van der Waals surface area contributed by atoms with E-state index in [9.17, 15) is 0 Å². The van der Waals surface area contributed by atoms with E-state index >= 15 is 0 Å². The Bertz CT molecular complexity index is 218. The van der Waals surface area contributed by atoms with E-state index in [1.54, 1.807) is 0 Å². The van der Waals surface area contributed by atoms with Crippen LogP contribution in [0.4, 0.5) is 0 Å². The predicted molar refractivity (Wildman–Crippen MR) is 57.5 cm³/mol. The average Bonchev–Trinajstić information content (AvgIpc) is 1.96. The zero-order valence-corrected chi connectivity index (χ0v) is 9.45. The van der Waals surface area contributed by atoms with Crippen LogP contribution in [0.2, 0.25) is 0 Å². The van der Waals surface area contributed by atoms with E-state index in [0.717, 1.165) is 13.1 Å². The highest BCUT2D eigenvalue weighted by Crippen LogP contribution is 2.22. The summed E-state index contributed by atoms with van der Waals surface area (Å²) >= 11 is 3.59. The highest BCUT2D eigenvalue weighted by molar-refractivity contribution is 9.11. The van der Waals surface area contributed by atoms with Crippen LogP contribution in [0.25, 0.3) is 0 Å². The van der Waals surface area contributed by atoms with Crippen LogP contribution >= 0.6 is 15.9 Å². The van der Waals surface area contributed by atoms with Gasteiger partial charge in [0.1, 0.15) is 0 Å². The van der Waals surface area contributed by atoms with Gasteiger partial charge in [0, 0.05) is 24.1 Å². The molecule has 1 heterocycles. The van der Waals surface area contributed by atoms with E-state index in [-0.39, 0.29) is 0 Å². The first-order valence-electron chi connectivity index (χ1n) is 4.30. The molecular weight excluding hydrogens is 214 g/mol. The molecule has 0 unspecified atom stereocenters. The molecule has 1 nitrogen and oxygen atoms in total. The highest BCUT2D eigenvalue weighted by atomic mass is 79.9. The molecule has 1 aliphatic rings. The topological polar surface area (TPSA) is 3.24 Å². The maximum absolute atomic E-state index is 3.92. The van der Waals surface area contributed by atoms with Gasteiger partial charge in [0.2, 0.25) is 0 Å². The summed E-state index contributed by atoms with van der Waals surface area (Å²) in [5, 5.41) is 0. The molecule has 1 aliphatic heterocycles. The second kappa shape index (κ2) is 4.24. The van der Waals surface area contributed by atoms with Gasteiger partial charge >= 0.3 is 0 Å². The van der Waals surface area contributed by atoms with E-state index in [1.807, 2.05) is 0 Å². The smallest absolute Gasteiger partial charge is 0.0302 e. The summed E-state index contributed by atoms with van der Waals surface area (Å²) in [5.41, 5.74) is 2.74. The van der Waals surface area contributed by atoms with Gasteiger partial charge in [-0.3, -0.25) is 4.90 Å². The Kier molecular flexibility index (Phi) is 3.53. The fourth-order valence-electron chi connectivity index (χ4n) is 1.39. The van der Waals surface area contributed by atoms with Crippen molar-refractivity contribution in [1.82, 2.24) is 4.90 Å². The standard InChI is InChI=1S/C10H16BrN/c1-8(2)6-12-5-4-9(3)10(11)7-12/h1,4-7H2,2-3H3. The van der Waals surface area contributed by atoms with Gasteiger partial charge in [-0.1, -0.05) is 33.7 Å². The second-order valence-electron chi connectivity index (χ2n) is 3.60. The maximum atomic E-state index is 3.92. The van der Waals surface area contributed by atoms with Crippen LogP contribution in [-0.4, -0.2) is 24.5 Å². The lowest BCUT2D eigenvalue weighted by molar-refractivity contribution is 0.316. The molecule has 0 saturated carbocycles. The molecule has 0 bridgehead atoms. The molecule has 12 heavy (non-hydrogen) atoms. The highest BCUT2D eigenvalue weighted by Gasteiger charge is 2.13. The third-order valence-electron chi connectivity index (χ3n) is 2.12. The van der Waals surface area contributed by atoms with Crippen LogP contribution < -0.4 is 0 Å². The Balaban J connectivity index is 2.49. The Hall–Kier alpha value is -0.0800. The molecule has 2 heteroatoms. The van der Waals surface area contributed by atoms with Crippen LogP contribution in [0, 0.1) is 0 Å². The Labute approximate surface area is 83.3 Å². The molecule has 0 aromatic rings. The van der Waals surface area contributed by atoms with Crippen LogP contribution in [0.15, 0.2) is 22.2 Å². The summed E-state index contributed by atoms with van der Waals surface area (Å²) in [6.07, 6.45) is 1.19. The molecule has 0 radical (unpaired) electrons. The first-order valence-corrected chi connectivity index (χ1v) is 5.09. The van der Waals surface area contributed by atoms with E-state index in [1.165, 1.54) is 28.6 Å². The molecule has 68 valence electrons. The molecule has 0 aliphatic carbocycles. The number of hydrogen-bond acceptors (Lipinski definition) is 1. The molecule has 0 aromatic heterocycles. The monoisotopic (exact) mass is 229 g/mol. The summed E-state index contributed by atoms with van der Waals surface area (Å²) < 4.78 is 1.36. The van der Waals surface area contributed by atoms with Crippen LogP contribution in [0.3, 0.4) is 0 Å². The SMILES string of the molecule is C=C(C)CN1CCC(C)=C(Br)C1. The van der Waals surface area contributed by atoms with Crippen LogP contribution in [0.5, 0.6) is 0 Å². The fraction of sp³-hybridized carbons (Fsp3) is 0.600. The number of rotatable bonds is 2. The summed E-state index contributed by atoms with van der Waals surface area (Å²) in [5.74, 6) is 0. The molecule has 0 amide bonds. The van der Waals surface area contributed by atoms with Crippen LogP contribution in [-0.2, 0) is 0 Å². The molecule has 1 rings (SSSR count). The largest absolute Gasteiger partial charge is 0.294 e. The van der Waals surface area contributed by atoms with Gasteiger partial charge in [-0.15, -0.1) is 0 Å². The number of nitrogens with zero attached hydrogens (tertiary/aromatic N) is 1. The Morgan fingerprint density at radius 3 is 2.83 bits per heavy atom. The van der Waals surface area contributed by atoms with E-state index in [4.69, 9.17) is 0 Å². The van der Waals surface area contributed by atoms with Gasteiger partial charge in [0.25, 0.3) is 0 Å². The Morgan fingerprint density at radius 1 is 1.67 bits per heavy atom. The lowest BCUT2D eigenvalue weighted by atomic mass is 10.1. The zero-order valence-electron chi connectivity index (χ0n) is 7.86. The molecule has 0 aromatic carbocycles. The van der Waals surface area contributed by atoms with Gasteiger partial charge in [-0.05, 0) is 20.3 Å². The molecule has 0 N–H and O–H groups in total. The van der Waals surface area contributed by atoms with Gasteiger partial charge in [-0.25, -0.2) is 0 Å². The summed E-state index contributed by atoms with van der Waals surface area (Å²) in [4.78, 5) is 2.42. The van der Waals surface area contributed by atoms with E-state index in [2.05, 4.69) is 41.3 Å². The van der Waals surface area contributed by atoms with Crippen molar-refractivity contribution in [1.29, 1.82) is 0 Å². The fourth-order valence-corrected chi connectivity index (χ4v) is 1.94. The minimum absolute atomic E-state index is 1.03. The van der Waals surface area contributed by atoms with Crippen molar-refractivity contribution in [2.24, 2.45) is 0 Å². The predicted octanol–water partition coefficient (Wildman–Crippen LogP) is 2.94. The summed E-state index contributed by atoms with van der Waals surface area (Å²) in [6, 6.07) is 0. The van der Waals surface area contributed by atoms with Crippen molar-refractivity contribution >= 4 is 15.9 Å². The Morgan fingerprint density at radius 2 is 2.33 bits per heavy atom.